The summed E-state index contributed by atoms with van der Waals surface area (Å²) in [5.41, 5.74) is 0. The minimum atomic E-state index is -0.385. The average molecular weight is 195 g/mol. The number of carbonyl (C=O) groups excluding carboxylic acids is 1. The van der Waals surface area contributed by atoms with Gasteiger partial charge in [0.1, 0.15) is 6.29 Å². The Bertz CT molecular complexity index is 337. The predicted octanol–water partition coefficient (Wildman–Crippen LogP) is 1.09. The van der Waals surface area contributed by atoms with Gasteiger partial charge in [-0.3, -0.25) is 5.32 Å². The number of benzene rings is 1. The highest BCUT2D eigenvalue weighted by Gasteiger charge is 2.29. The summed E-state index contributed by atoms with van der Waals surface area (Å²) < 4.78 is 18.3. The molecule has 0 bridgehead atoms. The lowest BCUT2D eigenvalue weighted by Gasteiger charge is -2.33. The number of nitrogens with one attached hydrogen (secondary N) is 1. The first kappa shape index (κ1) is 9.15. The van der Waals surface area contributed by atoms with Gasteiger partial charge in [-0.1, -0.05) is 12.1 Å². The van der Waals surface area contributed by atoms with Crippen molar-refractivity contribution in [2.75, 3.05) is 0 Å². The van der Waals surface area contributed by atoms with Crippen LogP contribution in [0.5, 0.6) is 5.75 Å². The number of carbonyl (C=O) groups is 1. The van der Waals surface area contributed by atoms with E-state index in [1.807, 2.05) is 0 Å². The van der Waals surface area contributed by atoms with Crippen molar-refractivity contribution in [3.8, 4) is 5.75 Å². The first-order valence-corrected chi connectivity index (χ1v) is 4.42. The molecule has 1 N–H and O–H groups in total. The molecule has 74 valence electrons. The lowest BCUT2D eigenvalue weighted by Crippen LogP contribution is -2.56. The van der Waals surface area contributed by atoms with Crippen molar-refractivity contribution in [2.24, 2.45) is 0 Å². The number of ether oxygens (including phenoxy) is 1. The van der Waals surface area contributed by atoms with Crippen molar-refractivity contribution in [1.82, 2.24) is 5.32 Å². The lowest BCUT2D eigenvalue weighted by atomic mass is 10.1. The van der Waals surface area contributed by atoms with Gasteiger partial charge in [0.05, 0.1) is 6.04 Å². The van der Waals surface area contributed by atoms with Crippen molar-refractivity contribution in [3.63, 3.8) is 0 Å². The highest BCUT2D eigenvalue weighted by Crippen LogP contribution is 2.20. The molecule has 1 aromatic rings. The molecule has 2 unspecified atom stereocenters. The summed E-state index contributed by atoms with van der Waals surface area (Å²) in [5, 5.41) is 2.85. The van der Waals surface area contributed by atoms with Gasteiger partial charge in [0.2, 0.25) is 0 Å². The zero-order valence-electron chi connectivity index (χ0n) is 7.44. The molecule has 1 heterocycles. The molecule has 14 heavy (non-hydrogen) atoms. The molecule has 1 aliphatic heterocycles. The molecule has 0 saturated carbocycles. The Kier molecular flexibility index (Phi) is 2.45. The molecule has 3 nitrogen and oxygen atoms in total. The summed E-state index contributed by atoms with van der Waals surface area (Å²) >= 11 is 0. The summed E-state index contributed by atoms with van der Waals surface area (Å²) in [4.78, 5) is 10.3. The third kappa shape index (κ3) is 1.75. The molecule has 2 atom stereocenters. The van der Waals surface area contributed by atoms with Crippen LogP contribution < -0.4 is 10.1 Å². The van der Waals surface area contributed by atoms with E-state index in [4.69, 9.17) is 4.74 Å². The van der Waals surface area contributed by atoms with E-state index in [0.717, 1.165) is 6.29 Å². The normalized spacial score (nSPS) is 25.2. The van der Waals surface area contributed by atoms with E-state index in [2.05, 4.69) is 5.32 Å². The van der Waals surface area contributed by atoms with Crippen LogP contribution in [0.1, 0.15) is 6.42 Å². The highest BCUT2D eigenvalue weighted by atomic mass is 19.1. The maximum Gasteiger partial charge on any atom is 0.165 e. The number of halogens is 1. The zero-order chi connectivity index (χ0) is 9.97. The van der Waals surface area contributed by atoms with E-state index in [-0.39, 0.29) is 23.8 Å². The molecule has 0 amide bonds. The van der Waals surface area contributed by atoms with Crippen LogP contribution in [-0.4, -0.2) is 18.6 Å². The van der Waals surface area contributed by atoms with Crippen LogP contribution in [0.4, 0.5) is 4.39 Å². The largest absolute Gasteiger partial charge is 0.472 e. The summed E-state index contributed by atoms with van der Waals surface area (Å²) in [5.74, 6) is -0.168. The van der Waals surface area contributed by atoms with Crippen LogP contribution in [0.25, 0.3) is 0 Å². The topological polar surface area (TPSA) is 38.3 Å². The molecule has 0 aromatic heterocycles. The van der Waals surface area contributed by atoms with E-state index in [1.165, 1.54) is 6.07 Å². The van der Waals surface area contributed by atoms with Gasteiger partial charge in [0, 0.05) is 6.42 Å². The second-order valence-corrected chi connectivity index (χ2v) is 3.18. The van der Waals surface area contributed by atoms with Gasteiger partial charge in [0.25, 0.3) is 0 Å². The second-order valence-electron chi connectivity index (χ2n) is 3.18. The Morgan fingerprint density at radius 1 is 1.50 bits per heavy atom. The molecule has 1 saturated heterocycles. The fraction of sp³-hybridized carbons (Fsp3) is 0.300. The van der Waals surface area contributed by atoms with Gasteiger partial charge >= 0.3 is 0 Å². The number of rotatable bonds is 3. The van der Waals surface area contributed by atoms with Crippen LogP contribution in [0, 0.1) is 5.82 Å². The Morgan fingerprint density at radius 3 is 2.86 bits per heavy atom. The molecule has 1 fully saturated rings. The van der Waals surface area contributed by atoms with Crippen LogP contribution in [0.3, 0.4) is 0 Å². The van der Waals surface area contributed by atoms with Crippen LogP contribution in [-0.2, 0) is 4.79 Å². The van der Waals surface area contributed by atoms with Crippen LogP contribution in [0.2, 0.25) is 0 Å². The second kappa shape index (κ2) is 3.75. The number of para-hydroxylation sites is 1. The van der Waals surface area contributed by atoms with E-state index >= 15 is 0 Å². The van der Waals surface area contributed by atoms with Gasteiger partial charge in [-0.15, -0.1) is 0 Å². The highest BCUT2D eigenvalue weighted by molar-refractivity contribution is 5.59. The van der Waals surface area contributed by atoms with E-state index < -0.39 is 0 Å². The minimum Gasteiger partial charge on any atom is -0.472 e. The molecule has 0 spiro atoms. The molecule has 1 aromatic carbocycles. The molecule has 0 radical (unpaired) electrons. The fourth-order valence-electron chi connectivity index (χ4n) is 1.32. The predicted molar refractivity (Wildman–Crippen MR) is 48.4 cm³/mol. The molecule has 2 rings (SSSR count). The van der Waals surface area contributed by atoms with Crippen molar-refractivity contribution in [3.05, 3.63) is 30.1 Å². The van der Waals surface area contributed by atoms with E-state index in [0.29, 0.717) is 6.42 Å². The fourth-order valence-corrected chi connectivity index (χ4v) is 1.32. The molecule has 1 aliphatic rings. The first-order valence-electron chi connectivity index (χ1n) is 4.42. The van der Waals surface area contributed by atoms with Gasteiger partial charge in [0.15, 0.2) is 17.8 Å². The quantitative estimate of drug-likeness (QED) is 0.734. The summed E-state index contributed by atoms with van der Waals surface area (Å²) in [6.07, 6.45) is 1.17. The number of aldehydes is 1. The summed E-state index contributed by atoms with van der Waals surface area (Å²) in [7, 11) is 0. The van der Waals surface area contributed by atoms with E-state index in [9.17, 15) is 9.18 Å². The maximum atomic E-state index is 13.1. The average Bonchev–Trinajstić information content (AvgIpc) is 2.13. The minimum absolute atomic E-state index is 0.147. The Morgan fingerprint density at radius 2 is 2.21 bits per heavy atom. The van der Waals surface area contributed by atoms with Crippen molar-refractivity contribution in [2.45, 2.75) is 18.7 Å². The van der Waals surface area contributed by atoms with Crippen molar-refractivity contribution in [1.29, 1.82) is 0 Å². The van der Waals surface area contributed by atoms with Gasteiger partial charge < -0.3 is 9.53 Å². The van der Waals surface area contributed by atoms with Gasteiger partial charge in [-0.2, -0.15) is 0 Å². The van der Waals surface area contributed by atoms with E-state index in [1.54, 1.807) is 18.2 Å². The standard InChI is InChI=1S/C10H10FNO2/c11-8-3-1-2-4-9(8)14-10-5-7(6-13)12-10/h1-4,6-7,10,12H,5H2. The summed E-state index contributed by atoms with van der Waals surface area (Å²) in [6, 6.07) is 6.06. The number of hydrogen-bond donors (Lipinski definition) is 1. The molecular weight excluding hydrogens is 185 g/mol. The van der Waals surface area contributed by atoms with Gasteiger partial charge in [-0.25, -0.2) is 4.39 Å². The Labute approximate surface area is 80.9 Å². The number of hydrogen-bond acceptors (Lipinski definition) is 3. The maximum absolute atomic E-state index is 13.1. The van der Waals surface area contributed by atoms with Crippen LogP contribution >= 0.6 is 0 Å². The molecule has 4 heteroatoms. The monoisotopic (exact) mass is 195 g/mol. The first-order chi connectivity index (χ1) is 6.79. The smallest absolute Gasteiger partial charge is 0.165 e. The molecule has 0 aliphatic carbocycles. The van der Waals surface area contributed by atoms with Gasteiger partial charge in [-0.05, 0) is 12.1 Å². The Hall–Kier alpha value is -1.42. The Balaban J connectivity index is 1.93. The SMILES string of the molecule is O=CC1CC(Oc2ccccc2F)N1. The van der Waals surface area contributed by atoms with Crippen molar-refractivity contribution >= 4 is 6.29 Å². The van der Waals surface area contributed by atoms with Crippen LogP contribution in [0.15, 0.2) is 24.3 Å². The lowest BCUT2D eigenvalue weighted by molar-refractivity contribution is -0.114. The third-order valence-electron chi connectivity index (χ3n) is 2.14. The third-order valence-corrected chi connectivity index (χ3v) is 2.14. The molecular formula is C10H10FNO2. The zero-order valence-corrected chi connectivity index (χ0v) is 7.44. The van der Waals surface area contributed by atoms with Crippen molar-refractivity contribution < 1.29 is 13.9 Å². The summed E-state index contributed by atoms with van der Waals surface area (Å²) in [6.45, 7) is 0.